The SMILES string of the molecule is O=C1C[C@@H](NCc2ccccc2)CN1Cc1ccccc1. The molecule has 3 nitrogen and oxygen atoms in total. The average molecular weight is 280 g/mol. The standard InChI is InChI=1S/C18H20N2O/c21-18-11-17(19-12-15-7-3-1-4-8-15)14-20(18)13-16-9-5-2-6-10-16/h1-10,17,19H,11-14H2/t17-/m1/s1. The monoisotopic (exact) mass is 280 g/mol. The van der Waals surface area contributed by atoms with Gasteiger partial charge in [-0.25, -0.2) is 0 Å². The summed E-state index contributed by atoms with van der Waals surface area (Å²) in [6.45, 7) is 2.32. The van der Waals surface area contributed by atoms with Gasteiger partial charge in [0.05, 0.1) is 0 Å². The zero-order chi connectivity index (χ0) is 14.5. The number of carbonyl (C=O) groups excluding carboxylic acids is 1. The van der Waals surface area contributed by atoms with Crippen LogP contribution in [0.3, 0.4) is 0 Å². The zero-order valence-corrected chi connectivity index (χ0v) is 12.0. The van der Waals surface area contributed by atoms with Crippen molar-refractivity contribution in [3.05, 3.63) is 71.8 Å². The van der Waals surface area contributed by atoms with Crippen LogP contribution in [0.4, 0.5) is 0 Å². The van der Waals surface area contributed by atoms with Crippen LogP contribution in [0.15, 0.2) is 60.7 Å². The van der Waals surface area contributed by atoms with E-state index in [2.05, 4.69) is 29.6 Å². The van der Waals surface area contributed by atoms with E-state index >= 15 is 0 Å². The van der Waals surface area contributed by atoms with Crippen molar-refractivity contribution < 1.29 is 4.79 Å². The van der Waals surface area contributed by atoms with Crippen LogP contribution in [0, 0.1) is 0 Å². The molecule has 1 atom stereocenters. The van der Waals surface area contributed by atoms with E-state index in [1.165, 1.54) is 11.1 Å². The predicted molar refractivity (Wildman–Crippen MR) is 83.5 cm³/mol. The molecule has 2 aromatic rings. The Kier molecular flexibility index (Phi) is 4.31. The number of benzene rings is 2. The van der Waals surface area contributed by atoms with E-state index in [4.69, 9.17) is 0 Å². The summed E-state index contributed by atoms with van der Waals surface area (Å²) in [4.78, 5) is 14.0. The van der Waals surface area contributed by atoms with Crippen LogP contribution in [-0.4, -0.2) is 23.4 Å². The molecule has 3 heteroatoms. The van der Waals surface area contributed by atoms with Crippen LogP contribution in [0.2, 0.25) is 0 Å². The molecule has 1 amide bonds. The number of amides is 1. The highest BCUT2D eigenvalue weighted by Crippen LogP contribution is 2.15. The molecule has 0 bridgehead atoms. The van der Waals surface area contributed by atoms with Crippen molar-refractivity contribution in [2.24, 2.45) is 0 Å². The second kappa shape index (κ2) is 6.55. The van der Waals surface area contributed by atoms with Crippen molar-refractivity contribution in [1.29, 1.82) is 0 Å². The Hall–Kier alpha value is -2.13. The van der Waals surface area contributed by atoms with Crippen LogP contribution in [0.5, 0.6) is 0 Å². The van der Waals surface area contributed by atoms with Crippen molar-refractivity contribution >= 4 is 5.91 Å². The van der Waals surface area contributed by atoms with Gasteiger partial charge in [-0.05, 0) is 11.1 Å². The lowest BCUT2D eigenvalue weighted by Gasteiger charge is -2.17. The van der Waals surface area contributed by atoms with Gasteiger partial charge in [-0.3, -0.25) is 4.79 Å². The highest BCUT2D eigenvalue weighted by atomic mass is 16.2. The van der Waals surface area contributed by atoms with Crippen molar-refractivity contribution in [2.45, 2.75) is 25.6 Å². The van der Waals surface area contributed by atoms with Crippen LogP contribution in [-0.2, 0) is 17.9 Å². The molecule has 1 fully saturated rings. The first-order valence-corrected chi connectivity index (χ1v) is 7.40. The largest absolute Gasteiger partial charge is 0.337 e. The number of rotatable bonds is 5. The van der Waals surface area contributed by atoms with Crippen molar-refractivity contribution in [3.8, 4) is 0 Å². The molecule has 2 aromatic carbocycles. The van der Waals surface area contributed by atoms with E-state index in [1.54, 1.807) is 0 Å². The molecular formula is C18H20N2O. The molecule has 0 spiro atoms. The second-order valence-electron chi connectivity index (χ2n) is 5.53. The number of nitrogens with one attached hydrogen (secondary N) is 1. The number of likely N-dealkylation sites (tertiary alicyclic amines) is 1. The van der Waals surface area contributed by atoms with Gasteiger partial charge in [-0.2, -0.15) is 0 Å². The lowest BCUT2D eigenvalue weighted by atomic mass is 10.2. The minimum Gasteiger partial charge on any atom is -0.337 e. The normalized spacial score (nSPS) is 18.2. The van der Waals surface area contributed by atoms with Gasteiger partial charge in [0.2, 0.25) is 5.91 Å². The molecule has 1 aliphatic rings. The van der Waals surface area contributed by atoms with Gasteiger partial charge in [0.15, 0.2) is 0 Å². The predicted octanol–water partition coefficient (Wildman–Crippen LogP) is 2.58. The smallest absolute Gasteiger partial charge is 0.224 e. The van der Waals surface area contributed by atoms with E-state index in [0.29, 0.717) is 13.0 Å². The lowest BCUT2D eigenvalue weighted by Crippen LogP contribution is -2.32. The third kappa shape index (κ3) is 3.70. The summed E-state index contributed by atoms with van der Waals surface area (Å²) < 4.78 is 0. The molecule has 0 saturated carbocycles. The number of carbonyl (C=O) groups is 1. The van der Waals surface area contributed by atoms with E-state index in [9.17, 15) is 4.79 Å². The number of nitrogens with zero attached hydrogens (tertiary/aromatic N) is 1. The summed E-state index contributed by atoms with van der Waals surface area (Å²) >= 11 is 0. The third-order valence-electron chi connectivity index (χ3n) is 3.87. The van der Waals surface area contributed by atoms with Gasteiger partial charge in [0, 0.05) is 32.1 Å². The third-order valence-corrected chi connectivity index (χ3v) is 3.87. The average Bonchev–Trinajstić information content (AvgIpc) is 2.87. The van der Waals surface area contributed by atoms with Gasteiger partial charge in [-0.15, -0.1) is 0 Å². The molecule has 0 aromatic heterocycles. The van der Waals surface area contributed by atoms with Crippen LogP contribution < -0.4 is 5.32 Å². The summed E-state index contributed by atoms with van der Waals surface area (Å²) in [5.74, 6) is 0.240. The Balaban J connectivity index is 1.53. The van der Waals surface area contributed by atoms with E-state index < -0.39 is 0 Å². The van der Waals surface area contributed by atoms with Gasteiger partial charge in [0.1, 0.15) is 0 Å². The van der Waals surface area contributed by atoms with Crippen molar-refractivity contribution in [3.63, 3.8) is 0 Å². The fourth-order valence-electron chi connectivity index (χ4n) is 2.72. The number of hydrogen-bond acceptors (Lipinski definition) is 2. The van der Waals surface area contributed by atoms with E-state index in [0.717, 1.165) is 13.1 Å². The molecule has 1 heterocycles. The van der Waals surface area contributed by atoms with E-state index in [-0.39, 0.29) is 11.9 Å². The summed E-state index contributed by atoms with van der Waals surface area (Å²) in [5.41, 5.74) is 2.45. The molecular weight excluding hydrogens is 260 g/mol. The van der Waals surface area contributed by atoms with Gasteiger partial charge < -0.3 is 10.2 Å². The Bertz CT molecular complexity index is 583. The molecule has 1 saturated heterocycles. The van der Waals surface area contributed by atoms with Crippen molar-refractivity contribution in [2.75, 3.05) is 6.54 Å². The number of hydrogen-bond donors (Lipinski definition) is 1. The van der Waals surface area contributed by atoms with Gasteiger partial charge >= 0.3 is 0 Å². The van der Waals surface area contributed by atoms with Gasteiger partial charge in [0.25, 0.3) is 0 Å². The highest BCUT2D eigenvalue weighted by molar-refractivity contribution is 5.79. The molecule has 1 aliphatic heterocycles. The minimum atomic E-state index is 0.240. The van der Waals surface area contributed by atoms with Crippen LogP contribution >= 0.6 is 0 Å². The topological polar surface area (TPSA) is 32.3 Å². The first-order chi connectivity index (χ1) is 10.3. The molecule has 0 aliphatic carbocycles. The summed E-state index contributed by atoms with van der Waals surface area (Å²) in [7, 11) is 0. The summed E-state index contributed by atoms with van der Waals surface area (Å²) in [6.07, 6.45) is 0.597. The fourth-order valence-corrected chi connectivity index (χ4v) is 2.72. The molecule has 3 rings (SSSR count). The maximum absolute atomic E-state index is 12.1. The Morgan fingerprint density at radius 3 is 2.24 bits per heavy atom. The van der Waals surface area contributed by atoms with Gasteiger partial charge in [-0.1, -0.05) is 60.7 Å². The van der Waals surface area contributed by atoms with Crippen molar-refractivity contribution in [1.82, 2.24) is 10.2 Å². The van der Waals surface area contributed by atoms with Crippen LogP contribution in [0.25, 0.3) is 0 Å². The maximum atomic E-state index is 12.1. The molecule has 21 heavy (non-hydrogen) atoms. The zero-order valence-electron chi connectivity index (χ0n) is 12.0. The van der Waals surface area contributed by atoms with E-state index in [1.807, 2.05) is 41.3 Å². The second-order valence-corrected chi connectivity index (χ2v) is 5.53. The van der Waals surface area contributed by atoms with Crippen LogP contribution in [0.1, 0.15) is 17.5 Å². The summed E-state index contributed by atoms with van der Waals surface area (Å²) in [5, 5.41) is 3.48. The highest BCUT2D eigenvalue weighted by Gasteiger charge is 2.28. The molecule has 0 radical (unpaired) electrons. The Morgan fingerprint density at radius 1 is 0.952 bits per heavy atom. The quantitative estimate of drug-likeness (QED) is 0.913. The fraction of sp³-hybridized carbons (Fsp3) is 0.278. The first kappa shape index (κ1) is 13.8. The summed E-state index contributed by atoms with van der Waals surface area (Å²) in [6, 6.07) is 20.7. The first-order valence-electron chi connectivity index (χ1n) is 7.40. The Morgan fingerprint density at radius 2 is 1.57 bits per heavy atom. The molecule has 0 unspecified atom stereocenters. The minimum absolute atomic E-state index is 0.240. The Labute approximate surface area is 125 Å². The maximum Gasteiger partial charge on any atom is 0.224 e. The lowest BCUT2D eigenvalue weighted by molar-refractivity contribution is -0.128. The molecule has 1 N–H and O–H groups in total. The molecule has 108 valence electrons.